The second-order valence-corrected chi connectivity index (χ2v) is 9.29. The van der Waals surface area contributed by atoms with Crippen LogP contribution < -0.4 is 10.6 Å². The lowest BCUT2D eigenvalue weighted by Crippen LogP contribution is -2.28. The number of rotatable bonds is 4. The van der Waals surface area contributed by atoms with Gasteiger partial charge in [0.1, 0.15) is 18.3 Å². The number of anilines is 1. The second-order valence-electron chi connectivity index (χ2n) is 8.85. The number of tetrazole rings is 1. The van der Waals surface area contributed by atoms with Crippen molar-refractivity contribution >= 4 is 35.4 Å². The Balaban J connectivity index is 1.39. The molecule has 0 aliphatic carbocycles. The van der Waals surface area contributed by atoms with Gasteiger partial charge in [-0.15, -0.1) is 5.10 Å². The first-order chi connectivity index (χ1) is 18.5. The van der Waals surface area contributed by atoms with Crippen molar-refractivity contribution < 1.29 is 14.3 Å². The number of hydrogen-bond acceptors (Lipinski definition) is 7. The SMILES string of the molecule is CC1CCC[C@H](NC(=O)/C=C/c2cc(Cl)ccc2-n2cnnn2)c2ncc([nH]2)-c2ccccc2NC(=O)O1. The van der Waals surface area contributed by atoms with Crippen LogP contribution in [0.25, 0.3) is 23.0 Å². The Morgan fingerprint density at radius 3 is 2.95 bits per heavy atom. The van der Waals surface area contributed by atoms with E-state index in [1.54, 1.807) is 36.5 Å². The van der Waals surface area contributed by atoms with Gasteiger partial charge in [-0.3, -0.25) is 10.1 Å². The third-order valence-electron chi connectivity index (χ3n) is 6.11. The molecule has 2 aromatic heterocycles. The lowest BCUT2D eigenvalue weighted by molar-refractivity contribution is -0.117. The minimum absolute atomic E-state index is 0.294. The number of amides is 2. The van der Waals surface area contributed by atoms with E-state index < -0.39 is 6.09 Å². The molecule has 2 atom stereocenters. The number of nitrogens with zero attached hydrogens (tertiary/aromatic N) is 5. The van der Waals surface area contributed by atoms with E-state index in [0.717, 1.165) is 5.56 Å². The Morgan fingerprint density at radius 1 is 1.24 bits per heavy atom. The summed E-state index contributed by atoms with van der Waals surface area (Å²) in [6, 6.07) is 12.2. The van der Waals surface area contributed by atoms with Crippen molar-refractivity contribution in [1.82, 2.24) is 35.5 Å². The number of aromatic nitrogens is 6. The van der Waals surface area contributed by atoms with E-state index in [1.165, 1.54) is 17.1 Å². The number of carbonyl (C=O) groups excluding carboxylic acids is 2. The second kappa shape index (κ2) is 11.3. The van der Waals surface area contributed by atoms with Crippen molar-refractivity contribution in [1.29, 1.82) is 0 Å². The van der Waals surface area contributed by atoms with E-state index in [-0.39, 0.29) is 18.1 Å². The van der Waals surface area contributed by atoms with Crippen LogP contribution in [0.3, 0.4) is 0 Å². The van der Waals surface area contributed by atoms with E-state index in [1.807, 2.05) is 25.1 Å². The topological polar surface area (TPSA) is 140 Å². The Bertz CT molecular complexity index is 1470. The Labute approximate surface area is 223 Å². The van der Waals surface area contributed by atoms with E-state index >= 15 is 0 Å². The Morgan fingerprint density at radius 2 is 2.11 bits per heavy atom. The fourth-order valence-corrected chi connectivity index (χ4v) is 4.45. The first-order valence-electron chi connectivity index (χ1n) is 12.1. The molecule has 1 aliphatic rings. The summed E-state index contributed by atoms with van der Waals surface area (Å²) in [5.41, 5.74) is 3.42. The first-order valence-corrected chi connectivity index (χ1v) is 12.5. The number of fused-ring (bicyclic) bond motifs is 4. The Hall–Kier alpha value is -4.51. The molecule has 4 aromatic rings. The van der Waals surface area contributed by atoms with E-state index in [4.69, 9.17) is 16.3 Å². The number of halogens is 1. The van der Waals surface area contributed by atoms with Gasteiger partial charge in [0.05, 0.1) is 29.3 Å². The van der Waals surface area contributed by atoms with Crippen LogP contribution in [0.1, 0.15) is 43.6 Å². The third kappa shape index (κ3) is 5.89. The molecule has 11 nitrogen and oxygen atoms in total. The molecule has 194 valence electrons. The minimum atomic E-state index is -0.513. The molecule has 2 bridgehead atoms. The average molecular weight is 533 g/mol. The number of para-hydroxylation sites is 1. The van der Waals surface area contributed by atoms with Gasteiger partial charge in [-0.25, -0.2) is 9.78 Å². The largest absolute Gasteiger partial charge is 0.446 e. The minimum Gasteiger partial charge on any atom is -0.446 e. The van der Waals surface area contributed by atoms with Crippen LogP contribution in [-0.4, -0.2) is 48.3 Å². The van der Waals surface area contributed by atoms with Crippen molar-refractivity contribution in [2.24, 2.45) is 0 Å². The number of carbonyl (C=O) groups is 2. The van der Waals surface area contributed by atoms with Crippen LogP contribution in [-0.2, 0) is 9.53 Å². The van der Waals surface area contributed by atoms with Gasteiger partial charge in [-0.05, 0) is 67.0 Å². The smallest absolute Gasteiger partial charge is 0.411 e. The standard InChI is InChI=1S/C26H25ClN8O3/c1-16-5-4-8-21(25-28-14-22(31-25)19-6-2-3-7-20(19)32-26(37)38-16)30-24(36)12-9-17-13-18(27)10-11-23(17)35-15-29-33-34-35/h2-3,6-7,9-16,21H,4-5,8H2,1H3,(H,28,31)(H,30,36)(H,32,37)/b12-9+/t16?,21-/m0/s1. The number of benzene rings is 2. The van der Waals surface area contributed by atoms with E-state index in [2.05, 4.69) is 36.1 Å². The van der Waals surface area contributed by atoms with E-state index in [0.29, 0.717) is 52.7 Å². The molecule has 0 fully saturated rings. The van der Waals surface area contributed by atoms with Gasteiger partial charge in [0.15, 0.2) is 0 Å². The molecule has 1 unspecified atom stereocenters. The van der Waals surface area contributed by atoms with Crippen LogP contribution >= 0.6 is 11.6 Å². The molecule has 3 N–H and O–H groups in total. The summed E-state index contributed by atoms with van der Waals surface area (Å²) in [6.45, 7) is 1.85. The molecular formula is C26H25ClN8O3. The molecule has 0 spiro atoms. The zero-order valence-electron chi connectivity index (χ0n) is 20.5. The maximum absolute atomic E-state index is 13.0. The molecular weight excluding hydrogens is 508 g/mol. The normalized spacial score (nSPS) is 17.9. The molecule has 0 saturated carbocycles. The van der Waals surface area contributed by atoms with E-state index in [9.17, 15) is 9.59 Å². The number of ether oxygens (including phenoxy) is 1. The average Bonchev–Trinajstić information content (AvgIpc) is 3.60. The van der Waals surface area contributed by atoms with Crippen LogP contribution in [0.15, 0.2) is 61.1 Å². The van der Waals surface area contributed by atoms with Crippen molar-refractivity contribution in [3.8, 4) is 16.9 Å². The van der Waals surface area contributed by atoms with Gasteiger partial charge in [-0.1, -0.05) is 29.8 Å². The van der Waals surface area contributed by atoms with Crippen molar-refractivity contribution in [3.63, 3.8) is 0 Å². The molecule has 12 heteroatoms. The zero-order valence-corrected chi connectivity index (χ0v) is 21.2. The number of nitrogens with one attached hydrogen (secondary N) is 3. The number of cyclic esters (lactones) is 1. The van der Waals surface area contributed by atoms with Crippen LogP contribution in [0.2, 0.25) is 5.02 Å². The molecule has 1 aliphatic heterocycles. The predicted molar refractivity (Wildman–Crippen MR) is 142 cm³/mol. The Kier molecular flexibility index (Phi) is 7.45. The van der Waals surface area contributed by atoms with Gasteiger partial charge in [0.25, 0.3) is 0 Å². The van der Waals surface area contributed by atoms with Crippen LogP contribution in [0.5, 0.6) is 0 Å². The molecule has 2 aromatic carbocycles. The monoisotopic (exact) mass is 532 g/mol. The highest BCUT2D eigenvalue weighted by Gasteiger charge is 2.21. The molecule has 2 amide bonds. The van der Waals surface area contributed by atoms with Crippen molar-refractivity contribution in [2.75, 3.05) is 5.32 Å². The first kappa shape index (κ1) is 25.2. The summed E-state index contributed by atoms with van der Waals surface area (Å²) in [5.74, 6) is 0.314. The third-order valence-corrected chi connectivity index (χ3v) is 6.34. The number of hydrogen-bond donors (Lipinski definition) is 3. The maximum Gasteiger partial charge on any atom is 0.411 e. The molecule has 0 radical (unpaired) electrons. The molecule has 3 heterocycles. The lowest BCUT2D eigenvalue weighted by Gasteiger charge is -2.18. The number of H-pyrrole nitrogens is 1. The summed E-state index contributed by atoms with van der Waals surface area (Å²) in [6.07, 6.45) is 7.37. The highest BCUT2D eigenvalue weighted by Crippen LogP contribution is 2.29. The predicted octanol–water partition coefficient (Wildman–Crippen LogP) is 4.70. The highest BCUT2D eigenvalue weighted by molar-refractivity contribution is 6.30. The van der Waals surface area contributed by atoms with Crippen molar-refractivity contribution in [2.45, 2.75) is 38.3 Å². The van der Waals surface area contributed by atoms with Crippen LogP contribution in [0, 0.1) is 0 Å². The summed E-state index contributed by atoms with van der Waals surface area (Å²) >= 11 is 6.19. The molecule has 38 heavy (non-hydrogen) atoms. The van der Waals surface area contributed by atoms with Crippen LogP contribution in [0.4, 0.5) is 10.5 Å². The van der Waals surface area contributed by atoms with Gasteiger partial charge < -0.3 is 15.0 Å². The van der Waals surface area contributed by atoms with Gasteiger partial charge in [0.2, 0.25) is 5.91 Å². The van der Waals surface area contributed by atoms with Gasteiger partial charge in [0, 0.05) is 22.2 Å². The number of imidazole rings is 1. The summed E-state index contributed by atoms with van der Waals surface area (Å²) < 4.78 is 7.01. The van der Waals surface area contributed by atoms with Gasteiger partial charge in [-0.2, -0.15) is 4.68 Å². The fraction of sp³-hybridized carbons (Fsp3) is 0.231. The summed E-state index contributed by atoms with van der Waals surface area (Å²) in [4.78, 5) is 33.3. The molecule has 5 rings (SSSR count). The van der Waals surface area contributed by atoms with Gasteiger partial charge >= 0.3 is 6.09 Å². The maximum atomic E-state index is 13.0. The van der Waals surface area contributed by atoms with Crippen molar-refractivity contribution in [3.05, 3.63) is 77.5 Å². The summed E-state index contributed by atoms with van der Waals surface area (Å²) in [5, 5.41) is 17.6. The lowest BCUT2D eigenvalue weighted by atomic mass is 10.1. The number of aromatic amines is 1. The highest BCUT2D eigenvalue weighted by atomic mass is 35.5. The molecule has 0 saturated heterocycles. The zero-order chi connectivity index (χ0) is 26.5. The quantitative estimate of drug-likeness (QED) is 0.324. The summed E-state index contributed by atoms with van der Waals surface area (Å²) in [7, 11) is 0. The fourth-order valence-electron chi connectivity index (χ4n) is 4.27.